The summed E-state index contributed by atoms with van der Waals surface area (Å²) in [5.41, 5.74) is 8.42. The Bertz CT molecular complexity index is 1230. The first-order chi connectivity index (χ1) is 14.8. The average molecular weight is 574 g/mol. The van der Waals surface area contributed by atoms with Crippen LogP contribution in [0.1, 0.15) is 25.8 Å². The van der Waals surface area contributed by atoms with E-state index in [1.54, 1.807) is 13.8 Å². The van der Waals surface area contributed by atoms with E-state index in [9.17, 15) is 8.42 Å². The summed E-state index contributed by atoms with van der Waals surface area (Å²) in [5, 5.41) is 0.258. The summed E-state index contributed by atoms with van der Waals surface area (Å²) in [6.07, 6.45) is 2.92. The van der Waals surface area contributed by atoms with E-state index in [2.05, 4.69) is 43.3 Å². The summed E-state index contributed by atoms with van der Waals surface area (Å²) in [7, 11) is -3.30. The molecule has 0 atom stereocenters. The van der Waals surface area contributed by atoms with Crippen LogP contribution in [0, 0.1) is 3.57 Å². The molecule has 0 unspecified atom stereocenters. The van der Waals surface area contributed by atoms with E-state index in [4.69, 9.17) is 15.5 Å². The van der Waals surface area contributed by atoms with Crippen LogP contribution >= 0.6 is 34.4 Å². The summed E-state index contributed by atoms with van der Waals surface area (Å²) in [6, 6.07) is 4.19. The van der Waals surface area contributed by atoms with E-state index in [1.807, 2.05) is 10.6 Å². The van der Waals surface area contributed by atoms with Gasteiger partial charge in [0.25, 0.3) is 0 Å². The molecule has 12 heteroatoms. The third kappa shape index (κ3) is 4.76. The largest absolute Gasteiger partial charge is 0.493 e. The second kappa shape index (κ2) is 9.08. The molecule has 1 aliphatic rings. The van der Waals surface area contributed by atoms with Crippen LogP contribution < -0.4 is 15.2 Å². The van der Waals surface area contributed by atoms with Crippen molar-refractivity contribution < 1.29 is 13.2 Å². The standard InChI is InChI=1S/C19H23IN6O3S2/c1-11(2)31(27,28)24-5-3-6-26-18-16(17(21)22-10-23-18)25-19(26)30-15-9-14-12(4-7-29-14)8-13(15)20/h8-11,24H,3-7H2,1-2H3,(H2,21,22,23). The molecule has 9 nitrogen and oxygen atoms in total. The first-order valence-corrected chi connectivity index (χ1v) is 13.3. The lowest BCUT2D eigenvalue weighted by molar-refractivity contribution is 0.356. The molecular weight excluding hydrogens is 551 g/mol. The first-order valence-electron chi connectivity index (χ1n) is 9.84. The quantitative estimate of drug-likeness (QED) is 0.311. The monoisotopic (exact) mass is 574 g/mol. The fourth-order valence-corrected chi connectivity index (χ4v) is 5.75. The minimum atomic E-state index is -3.30. The van der Waals surface area contributed by atoms with Crippen molar-refractivity contribution in [3.63, 3.8) is 0 Å². The Labute approximate surface area is 198 Å². The number of aromatic nitrogens is 4. The molecular formula is C19H23IN6O3S2. The smallest absolute Gasteiger partial charge is 0.213 e. The van der Waals surface area contributed by atoms with Crippen molar-refractivity contribution in [2.24, 2.45) is 0 Å². The van der Waals surface area contributed by atoms with Crippen molar-refractivity contribution in [3.05, 3.63) is 27.6 Å². The number of rotatable bonds is 8. The Morgan fingerprint density at radius 3 is 2.94 bits per heavy atom. The predicted molar refractivity (Wildman–Crippen MR) is 129 cm³/mol. The minimum Gasteiger partial charge on any atom is -0.493 e. The number of nitrogen functional groups attached to an aromatic ring is 1. The molecule has 3 aromatic rings. The van der Waals surface area contributed by atoms with E-state index in [0.717, 1.165) is 25.8 Å². The molecule has 1 aliphatic heterocycles. The summed E-state index contributed by atoms with van der Waals surface area (Å²) < 4.78 is 35.5. The van der Waals surface area contributed by atoms with Gasteiger partial charge in [0.15, 0.2) is 22.1 Å². The average Bonchev–Trinajstić information content (AvgIpc) is 3.30. The van der Waals surface area contributed by atoms with Crippen LogP contribution in [0.3, 0.4) is 0 Å². The van der Waals surface area contributed by atoms with Crippen LogP contribution in [-0.4, -0.2) is 46.3 Å². The molecule has 0 fully saturated rings. The number of sulfonamides is 1. The van der Waals surface area contributed by atoms with Crippen molar-refractivity contribution in [1.29, 1.82) is 0 Å². The maximum absolute atomic E-state index is 12.0. The van der Waals surface area contributed by atoms with Crippen LogP contribution in [0.2, 0.25) is 0 Å². The summed E-state index contributed by atoms with van der Waals surface area (Å²) >= 11 is 3.84. The second-order valence-corrected chi connectivity index (χ2v) is 11.9. The summed E-state index contributed by atoms with van der Waals surface area (Å²) in [4.78, 5) is 14.1. The number of benzene rings is 1. The van der Waals surface area contributed by atoms with Gasteiger partial charge < -0.3 is 15.0 Å². The van der Waals surface area contributed by atoms with Gasteiger partial charge in [-0.1, -0.05) is 11.8 Å². The third-order valence-corrected chi connectivity index (χ3v) is 9.11. The fraction of sp³-hybridized carbons (Fsp3) is 0.421. The van der Waals surface area contributed by atoms with Gasteiger partial charge in [-0.2, -0.15) is 0 Å². The maximum Gasteiger partial charge on any atom is 0.213 e. The lowest BCUT2D eigenvalue weighted by atomic mass is 10.2. The number of ether oxygens (including phenoxy) is 1. The molecule has 2 aromatic heterocycles. The number of hydrogen-bond donors (Lipinski definition) is 2. The van der Waals surface area contributed by atoms with Gasteiger partial charge >= 0.3 is 0 Å². The van der Waals surface area contributed by atoms with Gasteiger partial charge in [0, 0.05) is 28.0 Å². The van der Waals surface area contributed by atoms with Crippen LogP contribution in [0.5, 0.6) is 5.75 Å². The number of fused-ring (bicyclic) bond motifs is 2. The third-order valence-electron chi connectivity index (χ3n) is 4.95. The molecule has 0 amide bonds. The summed E-state index contributed by atoms with van der Waals surface area (Å²) in [5.74, 6) is 1.23. The molecule has 4 rings (SSSR count). The lowest BCUT2D eigenvalue weighted by Crippen LogP contribution is -2.31. The normalized spacial score (nSPS) is 13.7. The highest BCUT2D eigenvalue weighted by molar-refractivity contribution is 14.1. The van der Waals surface area contributed by atoms with Crippen LogP contribution in [-0.2, 0) is 23.0 Å². The molecule has 1 aromatic carbocycles. The maximum atomic E-state index is 12.0. The van der Waals surface area contributed by atoms with E-state index in [1.165, 1.54) is 23.7 Å². The number of nitrogens with zero attached hydrogens (tertiary/aromatic N) is 4. The SMILES string of the molecule is CC(C)S(=O)(=O)NCCCn1c(Sc2cc3c(cc2I)CCO3)nc2c(N)ncnc21. The fourth-order valence-electron chi connectivity index (χ4n) is 3.18. The second-order valence-electron chi connectivity index (χ2n) is 7.41. The Balaban J connectivity index is 1.61. The highest BCUT2D eigenvalue weighted by atomic mass is 127. The molecule has 3 N–H and O–H groups in total. The molecule has 3 heterocycles. The Morgan fingerprint density at radius 1 is 1.35 bits per heavy atom. The zero-order valence-corrected chi connectivity index (χ0v) is 20.9. The topological polar surface area (TPSA) is 125 Å². The first kappa shape index (κ1) is 22.6. The van der Waals surface area contributed by atoms with Gasteiger partial charge in [0.05, 0.1) is 11.9 Å². The molecule has 0 saturated carbocycles. The van der Waals surface area contributed by atoms with Crippen molar-refractivity contribution in [1.82, 2.24) is 24.2 Å². The van der Waals surface area contributed by atoms with Crippen molar-refractivity contribution in [2.45, 2.75) is 48.5 Å². The minimum absolute atomic E-state index is 0.318. The van der Waals surface area contributed by atoms with Crippen LogP contribution in [0.15, 0.2) is 28.5 Å². The van der Waals surface area contributed by atoms with E-state index in [-0.39, 0.29) is 0 Å². The van der Waals surface area contributed by atoms with Gasteiger partial charge in [-0.05, 0) is 60.6 Å². The highest BCUT2D eigenvalue weighted by Gasteiger charge is 2.20. The zero-order chi connectivity index (χ0) is 22.2. The highest BCUT2D eigenvalue weighted by Crippen LogP contribution is 2.38. The molecule has 0 aliphatic carbocycles. The van der Waals surface area contributed by atoms with Gasteiger partial charge in [-0.15, -0.1) is 0 Å². The van der Waals surface area contributed by atoms with Crippen LogP contribution in [0.4, 0.5) is 5.82 Å². The molecule has 166 valence electrons. The molecule has 31 heavy (non-hydrogen) atoms. The Morgan fingerprint density at radius 2 is 2.16 bits per heavy atom. The molecule has 0 spiro atoms. The van der Waals surface area contributed by atoms with Gasteiger partial charge in [-0.25, -0.2) is 28.1 Å². The lowest BCUT2D eigenvalue weighted by Gasteiger charge is -2.12. The number of imidazole rings is 1. The number of nitrogens with two attached hydrogens (primary N) is 1. The zero-order valence-electron chi connectivity index (χ0n) is 17.1. The number of hydrogen-bond acceptors (Lipinski definition) is 8. The number of anilines is 1. The van der Waals surface area contributed by atoms with Crippen LogP contribution in [0.25, 0.3) is 11.2 Å². The molecule has 0 radical (unpaired) electrons. The molecule has 0 bridgehead atoms. The van der Waals surface area contributed by atoms with E-state index < -0.39 is 15.3 Å². The Kier molecular flexibility index (Phi) is 6.60. The molecule has 0 saturated heterocycles. The van der Waals surface area contributed by atoms with Crippen molar-refractivity contribution >= 4 is 61.4 Å². The number of aryl methyl sites for hydroxylation is 1. The van der Waals surface area contributed by atoms with Crippen molar-refractivity contribution in [2.75, 3.05) is 18.9 Å². The number of nitrogens with one attached hydrogen (secondary N) is 1. The van der Waals surface area contributed by atoms with Gasteiger partial charge in [0.2, 0.25) is 10.0 Å². The summed E-state index contributed by atoms with van der Waals surface area (Å²) in [6.45, 7) is 4.88. The Hall–Kier alpha value is -1.64. The predicted octanol–water partition coefficient (Wildman–Crippen LogP) is 2.82. The van der Waals surface area contributed by atoms with Crippen molar-refractivity contribution in [3.8, 4) is 5.75 Å². The van der Waals surface area contributed by atoms with Gasteiger partial charge in [0.1, 0.15) is 12.1 Å². The van der Waals surface area contributed by atoms with E-state index >= 15 is 0 Å². The van der Waals surface area contributed by atoms with Gasteiger partial charge in [-0.3, -0.25) is 0 Å². The number of halogens is 1. The van der Waals surface area contributed by atoms with E-state index in [0.29, 0.717) is 43.1 Å².